The van der Waals surface area contributed by atoms with Gasteiger partial charge in [0.25, 0.3) is 0 Å². The van der Waals surface area contributed by atoms with Crippen molar-refractivity contribution in [2.45, 2.75) is 13.8 Å². The third kappa shape index (κ3) is 3.44. The van der Waals surface area contributed by atoms with Gasteiger partial charge in [0.1, 0.15) is 17.9 Å². The second-order valence-corrected chi connectivity index (χ2v) is 4.78. The second kappa shape index (κ2) is 6.36. The van der Waals surface area contributed by atoms with E-state index in [0.29, 0.717) is 12.5 Å². The predicted molar refractivity (Wildman–Crippen MR) is 74.9 cm³/mol. The van der Waals surface area contributed by atoms with Gasteiger partial charge in [0.05, 0.1) is 0 Å². The molecule has 0 radical (unpaired) electrons. The Morgan fingerprint density at radius 3 is 2.89 bits per heavy atom. The van der Waals surface area contributed by atoms with Crippen molar-refractivity contribution in [2.24, 2.45) is 5.92 Å². The fourth-order valence-electron chi connectivity index (χ4n) is 1.82. The molecule has 2 aromatic rings. The average molecular weight is 244 g/mol. The summed E-state index contributed by atoms with van der Waals surface area (Å²) in [6.07, 6.45) is 1.80. The first-order valence-corrected chi connectivity index (χ1v) is 6.44. The van der Waals surface area contributed by atoms with Crippen LogP contribution < -0.4 is 10.1 Å². The molecule has 1 aromatic carbocycles. The lowest BCUT2D eigenvalue weighted by molar-refractivity contribution is 0.314. The van der Waals surface area contributed by atoms with Gasteiger partial charge in [-0.25, -0.2) is 0 Å². The van der Waals surface area contributed by atoms with E-state index in [1.165, 1.54) is 0 Å². The minimum absolute atomic E-state index is 0.669. The quantitative estimate of drug-likeness (QED) is 0.793. The van der Waals surface area contributed by atoms with Gasteiger partial charge in [-0.3, -0.25) is 4.98 Å². The van der Waals surface area contributed by atoms with E-state index in [-0.39, 0.29) is 0 Å². The van der Waals surface area contributed by atoms with Crippen LogP contribution in [-0.4, -0.2) is 24.7 Å². The van der Waals surface area contributed by atoms with Crippen molar-refractivity contribution in [1.82, 2.24) is 10.3 Å². The van der Waals surface area contributed by atoms with E-state index < -0.39 is 0 Å². The molecule has 0 unspecified atom stereocenters. The number of para-hydroxylation sites is 1. The molecule has 0 aliphatic carbocycles. The van der Waals surface area contributed by atoms with Gasteiger partial charge in [-0.2, -0.15) is 0 Å². The Hall–Kier alpha value is -1.61. The molecule has 2 rings (SSSR count). The zero-order valence-electron chi connectivity index (χ0n) is 11.0. The molecule has 3 nitrogen and oxygen atoms in total. The molecule has 1 N–H and O–H groups in total. The maximum Gasteiger partial charge on any atom is 0.145 e. The van der Waals surface area contributed by atoms with Gasteiger partial charge >= 0.3 is 0 Å². The molecule has 0 saturated carbocycles. The molecule has 0 fully saturated rings. The van der Waals surface area contributed by atoms with Crippen molar-refractivity contribution in [3.05, 3.63) is 36.5 Å². The molecule has 0 aliphatic rings. The van der Waals surface area contributed by atoms with Gasteiger partial charge in [-0.1, -0.05) is 32.0 Å². The third-order valence-electron chi connectivity index (χ3n) is 2.68. The van der Waals surface area contributed by atoms with E-state index in [9.17, 15) is 0 Å². The van der Waals surface area contributed by atoms with E-state index in [4.69, 9.17) is 4.74 Å². The monoisotopic (exact) mass is 244 g/mol. The third-order valence-corrected chi connectivity index (χ3v) is 2.68. The first-order chi connectivity index (χ1) is 8.77. The van der Waals surface area contributed by atoms with Gasteiger partial charge < -0.3 is 10.1 Å². The van der Waals surface area contributed by atoms with Crippen LogP contribution in [0.5, 0.6) is 5.75 Å². The van der Waals surface area contributed by atoms with Gasteiger partial charge in [-0.15, -0.1) is 0 Å². The molecule has 1 aromatic heterocycles. The fraction of sp³-hybridized carbons (Fsp3) is 0.400. The highest BCUT2D eigenvalue weighted by atomic mass is 16.5. The molecule has 3 heteroatoms. The standard InChI is InChI=1S/C15H20N2O/c1-12(2)11-16-9-10-18-14-7-3-5-13-6-4-8-17-15(13)14/h3-8,12,16H,9-11H2,1-2H3. The van der Waals surface area contributed by atoms with Crippen LogP contribution in [0.4, 0.5) is 0 Å². The van der Waals surface area contributed by atoms with Crippen LogP contribution in [0, 0.1) is 5.92 Å². The minimum Gasteiger partial charge on any atom is -0.490 e. The maximum absolute atomic E-state index is 5.78. The van der Waals surface area contributed by atoms with E-state index >= 15 is 0 Å². The van der Waals surface area contributed by atoms with Gasteiger partial charge in [-0.05, 0) is 24.6 Å². The van der Waals surface area contributed by atoms with Crippen LogP contribution in [0.15, 0.2) is 36.5 Å². The van der Waals surface area contributed by atoms with Crippen molar-refractivity contribution >= 4 is 10.9 Å². The zero-order valence-corrected chi connectivity index (χ0v) is 11.0. The van der Waals surface area contributed by atoms with Crippen LogP contribution >= 0.6 is 0 Å². The van der Waals surface area contributed by atoms with E-state index in [1.807, 2.05) is 30.3 Å². The number of nitrogens with one attached hydrogen (secondary N) is 1. The lowest BCUT2D eigenvalue weighted by Gasteiger charge is -2.10. The average Bonchev–Trinajstić information content (AvgIpc) is 2.38. The fourth-order valence-corrected chi connectivity index (χ4v) is 1.82. The Bertz CT molecular complexity index is 491. The number of pyridine rings is 1. The van der Waals surface area contributed by atoms with Crippen LogP contribution in [0.25, 0.3) is 10.9 Å². The summed E-state index contributed by atoms with van der Waals surface area (Å²) in [6.45, 7) is 6.95. The molecule has 0 saturated heterocycles. The summed E-state index contributed by atoms with van der Waals surface area (Å²) in [4.78, 5) is 4.36. The van der Waals surface area contributed by atoms with E-state index in [2.05, 4.69) is 24.1 Å². The highest BCUT2D eigenvalue weighted by Gasteiger charge is 2.02. The Balaban J connectivity index is 1.91. The van der Waals surface area contributed by atoms with Crippen molar-refractivity contribution in [2.75, 3.05) is 19.7 Å². The van der Waals surface area contributed by atoms with E-state index in [0.717, 1.165) is 29.7 Å². The van der Waals surface area contributed by atoms with Gasteiger partial charge in [0.15, 0.2) is 0 Å². The summed E-state index contributed by atoms with van der Waals surface area (Å²) in [5.74, 6) is 1.53. The van der Waals surface area contributed by atoms with E-state index in [1.54, 1.807) is 6.20 Å². The second-order valence-electron chi connectivity index (χ2n) is 4.78. The predicted octanol–water partition coefficient (Wildman–Crippen LogP) is 2.86. The smallest absolute Gasteiger partial charge is 0.145 e. The molecule has 0 amide bonds. The lowest BCUT2D eigenvalue weighted by atomic mass is 10.2. The summed E-state index contributed by atoms with van der Waals surface area (Å²) in [5.41, 5.74) is 0.934. The molecule has 0 spiro atoms. The Labute approximate surface area is 108 Å². The number of aromatic nitrogens is 1. The molecule has 18 heavy (non-hydrogen) atoms. The van der Waals surface area contributed by atoms with Gasteiger partial charge in [0, 0.05) is 18.1 Å². The normalized spacial score (nSPS) is 11.1. The highest BCUT2D eigenvalue weighted by molar-refractivity contribution is 5.84. The van der Waals surface area contributed by atoms with Crippen LogP contribution in [0.1, 0.15) is 13.8 Å². The Kier molecular flexibility index (Phi) is 4.53. The number of nitrogens with zero attached hydrogens (tertiary/aromatic N) is 1. The Morgan fingerprint density at radius 2 is 2.06 bits per heavy atom. The van der Waals surface area contributed by atoms with Crippen molar-refractivity contribution < 1.29 is 4.74 Å². The molecule has 0 atom stereocenters. The zero-order chi connectivity index (χ0) is 12.8. The number of rotatable bonds is 6. The maximum atomic E-state index is 5.78. The van der Waals surface area contributed by atoms with Crippen molar-refractivity contribution in [3.8, 4) is 5.75 Å². The summed E-state index contributed by atoms with van der Waals surface area (Å²) >= 11 is 0. The van der Waals surface area contributed by atoms with Crippen molar-refractivity contribution in [1.29, 1.82) is 0 Å². The van der Waals surface area contributed by atoms with Crippen LogP contribution in [0.3, 0.4) is 0 Å². The molecule has 96 valence electrons. The lowest BCUT2D eigenvalue weighted by Crippen LogP contribution is -2.24. The number of hydrogen-bond acceptors (Lipinski definition) is 3. The summed E-state index contributed by atoms with van der Waals surface area (Å²) < 4.78 is 5.78. The SMILES string of the molecule is CC(C)CNCCOc1cccc2cccnc12. The first kappa shape index (κ1) is 12.8. The molecular formula is C15H20N2O. The number of ether oxygens (including phenoxy) is 1. The summed E-state index contributed by atoms with van der Waals surface area (Å²) in [7, 11) is 0. The molecule has 0 bridgehead atoms. The van der Waals surface area contributed by atoms with Crippen LogP contribution in [0.2, 0.25) is 0 Å². The topological polar surface area (TPSA) is 34.1 Å². The highest BCUT2D eigenvalue weighted by Crippen LogP contribution is 2.22. The number of hydrogen-bond donors (Lipinski definition) is 1. The minimum atomic E-state index is 0.669. The Morgan fingerprint density at radius 1 is 1.22 bits per heavy atom. The summed E-state index contributed by atoms with van der Waals surface area (Å²) in [5, 5.41) is 4.47. The largest absolute Gasteiger partial charge is 0.490 e. The first-order valence-electron chi connectivity index (χ1n) is 6.44. The molecule has 0 aliphatic heterocycles. The molecular weight excluding hydrogens is 224 g/mol. The number of benzene rings is 1. The van der Waals surface area contributed by atoms with Crippen molar-refractivity contribution in [3.63, 3.8) is 0 Å². The summed E-state index contributed by atoms with van der Waals surface area (Å²) in [6, 6.07) is 10.0. The molecule has 1 heterocycles. The van der Waals surface area contributed by atoms with Gasteiger partial charge in [0.2, 0.25) is 0 Å². The van der Waals surface area contributed by atoms with Crippen LogP contribution in [-0.2, 0) is 0 Å². The number of fused-ring (bicyclic) bond motifs is 1.